The molecular formula is C15H30N2O2. The summed E-state index contributed by atoms with van der Waals surface area (Å²) in [4.78, 5) is 11.6. The van der Waals surface area contributed by atoms with E-state index in [2.05, 4.69) is 31.4 Å². The second-order valence-corrected chi connectivity index (χ2v) is 5.58. The molecule has 0 aromatic carbocycles. The van der Waals surface area contributed by atoms with Gasteiger partial charge in [0.05, 0.1) is 12.7 Å². The third kappa shape index (κ3) is 6.28. The lowest BCUT2D eigenvalue weighted by atomic mass is 9.88. The maximum atomic E-state index is 11.6. The van der Waals surface area contributed by atoms with Gasteiger partial charge in [-0.3, -0.25) is 0 Å². The number of carbonyl (C=O) groups is 1. The van der Waals surface area contributed by atoms with Crippen molar-refractivity contribution < 1.29 is 9.53 Å². The summed E-state index contributed by atoms with van der Waals surface area (Å²) < 4.78 is 5.86. The molecule has 4 heteroatoms. The van der Waals surface area contributed by atoms with Crippen molar-refractivity contribution in [2.45, 2.75) is 71.4 Å². The Morgan fingerprint density at radius 1 is 1.26 bits per heavy atom. The first-order valence-corrected chi connectivity index (χ1v) is 7.83. The number of rotatable bonds is 7. The van der Waals surface area contributed by atoms with Crippen LogP contribution in [-0.2, 0) is 4.74 Å². The Kier molecular flexibility index (Phi) is 7.87. The minimum absolute atomic E-state index is 0.0750. The molecule has 1 aliphatic carbocycles. The number of urea groups is 1. The van der Waals surface area contributed by atoms with E-state index in [4.69, 9.17) is 4.74 Å². The molecule has 0 radical (unpaired) electrons. The van der Waals surface area contributed by atoms with Crippen molar-refractivity contribution in [3.05, 3.63) is 0 Å². The summed E-state index contributed by atoms with van der Waals surface area (Å²) >= 11 is 0. The van der Waals surface area contributed by atoms with E-state index >= 15 is 0 Å². The molecule has 0 aliphatic heterocycles. The Balaban J connectivity index is 2.08. The molecule has 2 atom stereocenters. The molecule has 1 aliphatic rings. The maximum absolute atomic E-state index is 11.6. The topological polar surface area (TPSA) is 50.4 Å². The second kappa shape index (κ2) is 9.18. The van der Waals surface area contributed by atoms with Crippen LogP contribution in [0.25, 0.3) is 0 Å². The van der Waals surface area contributed by atoms with Crippen molar-refractivity contribution in [1.29, 1.82) is 0 Å². The van der Waals surface area contributed by atoms with Crippen LogP contribution in [0.1, 0.15) is 59.3 Å². The molecule has 2 amide bonds. The van der Waals surface area contributed by atoms with Crippen LogP contribution in [0.2, 0.25) is 0 Å². The van der Waals surface area contributed by atoms with Crippen LogP contribution in [0, 0.1) is 5.92 Å². The molecule has 19 heavy (non-hydrogen) atoms. The molecule has 112 valence electrons. The highest BCUT2D eigenvalue weighted by Crippen LogP contribution is 2.25. The smallest absolute Gasteiger partial charge is 0.315 e. The zero-order chi connectivity index (χ0) is 14.1. The summed E-state index contributed by atoms with van der Waals surface area (Å²) in [5.41, 5.74) is 0. The predicted molar refractivity (Wildman–Crippen MR) is 78.3 cm³/mol. The molecule has 2 unspecified atom stereocenters. The SMILES string of the molecule is CCC(CC)NC(=O)NCCOC1CCCCC1C. The first-order chi connectivity index (χ1) is 9.17. The molecule has 1 fully saturated rings. The highest BCUT2D eigenvalue weighted by Gasteiger charge is 2.21. The van der Waals surface area contributed by atoms with Gasteiger partial charge in [0.2, 0.25) is 0 Å². The van der Waals surface area contributed by atoms with Gasteiger partial charge in [-0.25, -0.2) is 4.79 Å². The van der Waals surface area contributed by atoms with E-state index in [1.807, 2.05) is 0 Å². The van der Waals surface area contributed by atoms with Crippen LogP contribution in [0.15, 0.2) is 0 Å². The predicted octanol–water partition coefficient (Wildman–Crippen LogP) is 3.07. The quantitative estimate of drug-likeness (QED) is 0.699. The molecule has 0 aromatic heterocycles. The Hall–Kier alpha value is -0.770. The van der Waals surface area contributed by atoms with E-state index in [1.54, 1.807) is 0 Å². The van der Waals surface area contributed by atoms with Gasteiger partial charge in [-0.05, 0) is 31.6 Å². The van der Waals surface area contributed by atoms with E-state index in [1.165, 1.54) is 25.7 Å². The van der Waals surface area contributed by atoms with Crippen LogP contribution in [-0.4, -0.2) is 31.3 Å². The lowest BCUT2D eigenvalue weighted by molar-refractivity contribution is -0.00245. The van der Waals surface area contributed by atoms with Crippen molar-refractivity contribution in [2.75, 3.05) is 13.2 Å². The third-order valence-corrected chi connectivity index (χ3v) is 4.07. The molecule has 0 spiro atoms. The van der Waals surface area contributed by atoms with Crippen molar-refractivity contribution in [1.82, 2.24) is 10.6 Å². The lowest BCUT2D eigenvalue weighted by Crippen LogP contribution is -2.43. The monoisotopic (exact) mass is 270 g/mol. The summed E-state index contributed by atoms with van der Waals surface area (Å²) in [5, 5.41) is 5.82. The van der Waals surface area contributed by atoms with Gasteiger partial charge in [0.1, 0.15) is 0 Å². The molecule has 0 bridgehead atoms. The van der Waals surface area contributed by atoms with Gasteiger partial charge in [0.25, 0.3) is 0 Å². The number of ether oxygens (including phenoxy) is 1. The standard InChI is InChI=1S/C15H30N2O2/c1-4-13(5-2)17-15(18)16-10-11-19-14-9-7-6-8-12(14)3/h12-14H,4-11H2,1-3H3,(H2,16,17,18). The molecule has 0 saturated heterocycles. The molecule has 0 aromatic rings. The van der Waals surface area contributed by atoms with E-state index in [0.717, 1.165) is 12.8 Å². The lowest BCUT2D eigenvalue weighted by Gasteiger charge is -2.28. The van der Waals surface area contributed by atoms with Crippen LogP contribution >= 0.6 is 0 Å². The van der Waals surface area contributed by atoms with Gasteiger partial charge < -0.3 is 15.4 Å². The zero-order valence-corrected chi connectivity index (χ0v) is 12.7. The Morgan fingerprint density at radius 3 is 2.58 bits per heavy atom. The van der Waals surface area contributed by atoms with E-state index in [-0.39, 0.29) is 12.1 Å². The number of hydrogen-bond acceptors (Lipinski definition) is 2. The maximum Gasteiger partial charge on any atom is 0.315 e. The fourth-order valence-corrected chi connectivity index (χ4v) is 2.63. The summed E-state index contributed by atoms with van der Waals surface area (Å²) in [6.45, 7) is 7.64. The van der Waals surface area contributed by atoms with Gasteiger partial charge in [0.15, 0.2) is 0 Å². The number of hydrogen-bond donors (Lipinski definition) is 2. The largest absolute Gasteiger partial charge is 0.376 e. The molecule has 2 N–H and O–H groups in total. The normalized spacial score (nSPS) is 23.4. The highest BCUT2D eigenvalue weighted by atomic mass is 16.5. The fraction of sp³-hybridized carbons (Fsp3) is 0.933. The molecule has 0 heterocycles. The van der Waals surface area contributed by atoms with E-state index in [9.17, 15) is 4.79 Å². The molecular weight excluding hydrogens is 240 g/mol. The number of amides is 2. The minimum Gasteiger partial charge on any atom is -0.376 e. The van der Waals surface area contributed by atoms with E-state index < -0.39 is 0 Å². The van der Waals surface area contributed by atoms with Gasteiger partial charge in [-0.1, -0.05) is 33.6 Å². The van der Waals surface area contributed by atoms with Gasteiger partial charge in [-0.2, -0.15) is 0 Å². The number of carbonyl (C=O) groups excluding carboxylic acids is 1. The van der Waals surface area contributed by atoms with Crippen molar-refractivity contribution in [2.24, 2.45) is 5.92 Å². The average Bonchev–Trinajstić information content (AvgIpc) is 2.42. The summed E-state index contributed by atoms with van der Waals surface area (Å²) in [6, 6.07) is 0.202. The average molecular weight is 270 g/mol. The van der Waals surface area contributed by atoms with Gasteiger partial charge in [-0.15, -0.1) is 0 Å². The highest BCUT2D eigenvalue weighted by molar-refractivity contribution is 5.74. The molecule has 1 saturated carbocycles. The van der Waals surface area contributed by atoms with Gasteiger partial charge >= 0.3 is 6.03 Å². The van der Waals surface area contributed by atoms with Crippen LogP contribution in [0.3, 0.4) is 0 Å². The molecule has 4 nitrogen and oxygen atoms in total. The fourth-order valence-electron chi connectivity index (χ4n) is 2.63. The third-order valence-electron chi connectivity index (χ3n) is 4.07. The Bertz CT molecular complexity index is 255. The van der Waals surface area contributed by atoms with Crippen molar-refractivity contribution in [3.8, 4) is 0 Å². The number of nitrogens with one attached hydrogen (secondary N) is 2. The minimum atomic E-state index is -0.0750. The summed E-state index contributed by atoms with van der Waals surface area (Å²) in [5.74, 6) is 0.659. The first-order valence-electron chi connectivity index (χ1n) is 7.83. The summed E-state index contributed by atoms with van der Waals surface area (Å²) in [7, 11) is 0. The molecule has 1 rings (SSSR count). The van der Waals surface area contributed by atoms with Crippen molar-refractivity contribution in [3.63, 3.8) is 0 Å². The second-order valence-electron chi connectivity index (χ2n) is 5.58. The van der Waals surface area contributed by atoms with E-state index in [0.29, 0.717) is 25.2 Å². The first kappa shape index (κ1) is 16.3. The van der Waals surface area contributed by atoms with Crippen LogP contribution in [0.4, 0.5) is 4.79 Å². The van der Waals surface area contributed by atoms with Gasteiger partial charge in [0, 0.05) is 12.6 Å². The Morgan fingerprint density at radius 2 is 1.95 bits per heavy atom. The summed E-state index contributed by atoms with van der Waals surface area (Å²) in [6.07, 6.45) is 7.38. The van der Waals surface area contributed by atoms with Crippen LogP contribution < -0.4 is 10.6 Å². The Labute approximate surface area is 117 Å². The zero-order valence-electron chi connectivity index (χ0n) is 12.7. The van der Waals surface area contributed by atoms with Crippen LogP contribution in [0.5, 0.6) is 0 Å². The van der Waals surface area contributed by atoms with Crippen molar-refractivity contribution >= 4 is 6.03 Å².